The van der Waals surface area contributed by atoms with Crippen LogP contribution in [0, 0.1) is 6.92 Å². The molecule has 5 nitrogen and oxygen atoms in total. The number of rotatable bonds is 8. The molecule has 0 saturated heterocycles. The lowest BCUT2D eigenvalue weighted by atomic mass is 10.4. The van der Waals surface area contributed by atoms with Gasteiger partial charge in [0.05, 0.1) is 5.01 Å². The van der Waals surface area contributed by atoms with Crippen molar-refractivity contribution in [2.24, 2.45) is 4.99 Å². The van der Waals surface area contributed by atoms with E-state index in [9.17, 15) is 0 Å². The van der Waals surface area contributed by atoms with Crippen molar-refractivity contribution >= 4 is 41.3 Å². The number of guanidine groups is 1. The van der Waals surface area contributed by atoms with Crippen molar-refractivity contribution in [3.63, 3.8) is 0 Å². The Kier molecular flexibility index (Phi) is 12.1. The molecule has 7 heteroatoms. The number of ether oxygens (including phenoxy) is 1. The molecule has 116 valence electrons. The Morgan fingerprint density at radius 2 is 2.25 bits per heavy atom. The van der Waals surface area contributed by atoms with Crippen LogP contribution in [-0.2, 0) is 11.2 Å². The van der Waals surface area contributed by atoms with Crippen molar-refractivity contribution < 1.29 is 4.74 Å². The minimum atomic E-state index is 0. The Balaban J connectivity index is 0.00000361. The molecular weight excluding hydrogens is 387 g/mol. The van der Waals surface area contributed by atoms with Gasteiger partial charge in [0.25, 0.3) is 0 Å². The predicted molar refractivity (Wildman–Crippen MR) is 96.4 cm³/mol. The van der Waals surface area contributed by atoms with E-state index in [4.69, 9.17) is 4.74 Å². The van der Waals surface area contributed by atoms with Crippen molar-refractivity contribution in [1.29, 1.82) is 0 Å². The quantitative estimate of drug-likeness (QED) is 0.298. The Morgan fingerprint density at radius 3 is 2.85 bits per heavy atom. The first-order valence-corrected chi connectivity index (χ1v) is 7.50. The fourth-order valence-corrected chi connectivity index (χ4v) is 2.33. The van der Waals surface area contributed by atoms with Gasteiger partial charge in [-0.1, -0.05) is 0 Å². The Labute approximate surface area is 142 Å². The zero-order valence-electron chi connectivity index (χ0n) is 12.4. The third-order valence-corrected chi connectivity index (χ3v) is 3.39. The molecule has 1 rings (SSSR count). The largest absolute Gasteiger partial charge is 0.385 e. The van der Waals surface area contributed by atoms with E-state index < -0.39 is 0 Å². The molecule has 0 aromatic carbocycles. The van der Waals surface area contributed by atoms with Crippen LogP contribution in [0.2, 0.25) is 0 Å². The molecule has 20 heavy (non-hydrogen) atoms. The highest BCUT2D eigenvalue weighted by Crippen LogP contribution is 2.10. The Bertz CT molecular complexity index is 384. The van der Waals surface area contributed by atoms with Crippen LogP contribution in [0.3, 0.4) is 0 Å². The van der Waals surface area contributed by atoms with Gasteiger partial charge in [0.1, 0.15) is 0 Å². The van der Waals surface area contributed by atoms with E-state index in [1.165, 1.54) is 9.88 Å². The van der Waals surface area contributed by atoms with Crippen LogP contribution in [0.1, 0.15) is 23.2 Å². The van der Waals surface area contributed by atoms with Crippen LogP contribution in [0.25, 0.3) is 0 Å². The Hall–Kier alpha value is -0.410. The maximum atomic E-state index is 5.01. The number of hydrogen-bond donors (Lipinski definition) is 2. The topological polar surface area (TPSA) is 58.5 Å². The summed E-state index contributed by atoms with van der Waals surface area (Å²) >= 11 is 1.75. The molecular formula is C13H25IN4OS. The smallest absolute Gasteiger partial charge is 0.191 e. The zero-order chi connectivity index (χ0) is 13.9. The van der Waals surface area contributed by atoms with Gasteiger partial charge in [-0.3, -0.25) is 4.99 Å². The summed E-state index contributed by atoms with van der Waals surface area (Å²) in [5, 5.41) is 7.72. The highest BCUT2D eigenvalue weighted by atomic mass is 127. The molecule has 1 aromatic rings. The molecule has 0 aliphatic carbocycles. The summed E-state index contributed by atoms with van der Waals surface area (Å²) in [5.74, 6) is 0.867. The average Bonchev–Trinajstić information content (AvgIpc) is 2.80. The first-order chi connectivity index (χ1) is 9.26. The third kappa shape index (κ3) is 8.70. The number of hydrogen-bond acceptors (Lipinski definition) is 4. The maximum absolute atomic E-state index is 5.01. The second-order valence-electron chi connectivity index (χ2n) is 4.15. The van der Waals surface area contributed by atoms with Gasteiger partial charge < -0.3 is 15.4 Å². The van der Waals surface area contributed by atoms with Gasteiger partial charge in [0.15, 0.2) is 5.96 Å². The van der Waals surface area contributed by atoms with Crippen LogP contribution in [0.5, 0.6) is 0 Å². The lowest BCUT2D eigenvalue weighted by Gasteiger charge is -2.10. The summed E-state index contributed by atoms with van der Waals surface area (Å²) in [6.07, 6.45) is 3.80. The lowest BCUT2D eigenvalue weighted by molar-refractivity contribution is 0.197. The fourth-order valence-electron chi connectivity index (χ4n) is 1.55. The van der Waals surface area contributed by atoms with E-state index in [1.807, 2.05) is 6.20 Å². The van der Waals surface area contributed by atoms with Crippen LogP contribution in [0.4, 0.5) is 0 Å². The fraction of sp³-hybridized carbons (Fsp3) is 0.692. The van der Waals surface area contributed by atoms with Gasteiger partial charge >= 0.3 is 0 Å². The molecule has 0 unspecified atom stereocenters. The number of thiazole rings is 1. The SMILES string of the molecule is CCNC(=NCCCOC)NCCc1ncc(C)s1.I. The predicted octanol–water partition coefficient (Wildman–Crippen LogP) is 2.20. The minimum Gasteiger partial charge on any atom is -0.385 e. The molecule has 2 N–H and O–H groups in total. The second kappa shape index (κ2) is 12.3. The van der Waals surface area contributed by atoms with Crippen molar-refractivity contribution in [2.75, 3.05) is 33.4 Å². The number of nitrogens with one attached hydrogen (secondary N) is 2. The summed E-state index contributed by atoms with van der Waals surface area (Å²) < 4.78 is 5.01. The normalized spacial score (nSPS) is 11.1. The molecule has 0 aliphatic heterocycles. The van der Waals surface area contributed by atoms with E-state index >= 15 is 0 Å². The minimum absolute atomic E-state index is 0. The number of aliphatic imine (C=N–C) groups is 1. The van der Waals surface area contributed by atoms with Crippen molar-refractivity contribution in [1.82, 2.24) is 15.6 Å². The summed E-state index contributed by atoms with van der Waals surface area (Å²) in [5.41, 5.74) is 0. The summed E-state index contributed by atoms with van der Waals surface area (Å²) in [6.45, 7) is 7.39. The van der Waals surface area contributed by atoms with Crippen LogP contribution in [-0.4, -0.2) is 44.3 Å². The molecule has 1 aromatic heterocycles. The molecule has 0 saturated carbocycles. The van der Waals surface area contributed by atoms with Gasteiger partial charge in [-0.25, -0.2) is 4.98 Å². The van der Waals surface area contributed by atoms with Gasteiger partial charge in [0, 0.05) is 50.8 Å². The third-order valence-electron chi connectivity index (χ3n) is 2.42. The van der Waals surface area contributed by atoms with E-state index in [1.54, 1.807) is 18.4 Å². The molecule has 0 aliphatic rings. The van der Waals surface area contributed by atoms with Crippen LogP contribution in [0.15, 0.2) is 11.2 Å². The van der Waals surface area contributed by atoms with Gasteiger partial charge in [-0.2, -0.15) is 0 Å². The van der Waals surface area contributed by atoms with E-state index in [2.05, 4.69) is 34.5 Å². The molecule has 0 atom stereocenters. The Morgan fingerprint density at radius 1 is 1.45 bits per heavy atom. The van der Waals surface area contributed by atoms with Crippen molar-refractivity contribution in [2.45, 2.75) is 26.7 Å². The first-order valence-electron chi connectivity index (χ1n) is 6.68. The first kappa shape index (κ1) is 19.6. The van der Waals surface area contributed by atoms with Gasteiger partial charge in [-0.15, -0.1) is 35.3 Å². The molecule has 0 spiro atoms. The number of methoxy groups -OCH3 is 1. The lowest BCUT2D eigenvalue weighted by Crippen LogP contribution is -2.38. The average molecular weight is 412 g/mol. The van der Waals surface area contributed by atoms with Crippen LogP contribution >= 0.6 is 35.3 Å². The standard InChI is InChI=1S/C13H24N4OS.HI/c1-4-14-13(15-7-5-9-18-3)16-8-6-12-17-10-11(2)19-12;/h10H,4-9H2,1-3H3,(H2,14,15,16);1H. The number of nitrogens with zero attached hydrogens (tertiary/aromatic N) is 2. The zero-order valence-corrected chi connectivity index (χ0v) is 15.6. The number of halogens is 1. The highest BCUT2D eigenvalue weighted by Gasteiger charge is 2.00. The van der Waals surface area contributed by atoms with Crippen molar-refractivity contribution in [3.05, 3.63) is 16.1 Å². The molecule has 1 heterocycles. The molecule has 0 radical (unpaired) electrons. The molecule has 0 fully saturated rings. The highest BCUT2D eigenvalue weighted by molar-refractivity contribution is 14.0. The number of aryl methyl sites for hydroxylation is 1. The molecule has 0 bridgehead atoms. The number of aromatic nitrogens is 1. The van der Waals surface area contributed by atoms with E-state index in [0.717, 1.165) is 45.0 Å². The monoisotopic (exact) mass is 412 g/mol. The van der Waals surface area contributed by atoms with Gasteiger partial charge in [-0.05, 0) is 20.3 Å². The van der Waals surface area contributed by atoms with Crippen molar-refractivity contribution in [3.8, 4) is 0 Å². The summed E-state index contributed by atoms with van der Waals surface area (Å²) in [4.78, 5) is 10.1. The van der Waals surface area contributed by atoms with E-state index in [0.29, 0.717) is 0 Å². The van der Waals surface area contributed by atoms with Gasteiger partial charge in [0.2, 0.25) is 0 Å². The summed E-state index contributed by atoms with van der Waals surface area (Å²) in [7, 11) is 1.71. The molecule has 0 amide bonds. The summed E-state index contributed by atoms with van der Waals surface area (Å²) in [6, 6.07) is 0. The van der Waals surface area contributed by atoms with E-state index in [-0.39, 0.29) is 24.0 Å². The van der Waals surface area contributed by atoms with Crippen LogP contribution < -0.4 is 10.6 Å². The second-order valence-corrected chi connectivity index (χ2v) is 5.47. The maximum Gasteiger partial charge on any atom is 0.191 e.